The maximum absolute atomic E-state index is 12.6. The van der Waals surface area contributed by atoms with Crippen molar-refractivity contribution in [3.63, 3.8) is 0 Å². The number of hydrogen-bond donors (Lipinski definition) is 1. The van der Waals surface area contributed by atoms with Crippen molar-refractivity contribution >= 4 is 52.5 Å². The highest BCUT2D eigenvalue weighted by Gasteiger charge is 2.22. The fourth-order valence-corrected chi connectivity index (χ4v) is 4.11. The summed E-state index contributed by atoms with van der Waals surface area (Å²) < 4.78 is 7.34. The molecule has 148 valence electrons. The van der Waals surface area contributed by atoms with Gasteiger partial charge in [-0.3, -0.25) is 9.31 Å². The van der Waals surface area contributed by atoms with Gasteiger partial charge in [-0.05, 0) is 60.8 Å². The van der Waals surface area contributed by atoms with Gasteiger partial charge in [-0.25, -0.2) is 10.2 Å². The summed E-state index contributed by atoms with van der Waals surface area (Å²) in [7, 11) is 0. The molecule has 0 spiro atoms. The Bertz CT molecular complexity index is 829. The third-order valence-corrected chi connectivity index (χ3v) is 5.91. The van der Waals surface area contributed by atoms with Crippen molar-refractivity contribution < 1.29 is 9.53 Å². The molecule has 1 N–H and O–H groups in total. The molecule has 2 aromatic rings. The third kappa shape index (κ3) is 5.17. The van der Waals surface area contributed by atoms with Gasteiger partial charge in [0.15, 0.2) is 0 Å². The van der Waals surface area contributed by atoms with Gasteiger partial charge in [-0.2, -0.15) is 0 Å². The molecule has 1 aliphatic rings. The number of ether oxygens (including phenoxy) is 1. The summed E-state index contributed by atoms with van der Waals surface area (Å²) in [6, 6.07) is 14.8. The van der Waals surface area contributed by atoms with Crippen molar-refractivity contribution in [2.45, 2.75) is 19.4 Å². The first-order chi connectivity index (χ1) is 13.6. The Hall–Kier alpha value is -1.80. The van der Waals surface area contributed by atoms with E-state index < -0.39 is 5.97 Å². The van der Waals surface area contributed by atoms with E-state index in [2.05, 4.69) is 5.43 Å². The van der Waals surface area contributed by atoms with Crippen molar-refractivity contribution in [1.29, 1.82) is 0 Å². The van der Waals surface area contributed by atoms with Gasteiger partial charge < -0.3 is 4.74 Å². The lowest BCUT2D eigenvalue weighted by atomic mass is 10.2. The molecule has 0 saturated carbocycles. The smallest absolute Gasteiger partial charge is 0.340 e. The Kier molecular flexibility index (Phi) is 7.56. The lowest BCUT2D eigenvalue weighted by Crippen LogP contribution is -2.51. The Morgan fingerprint density at radius 1 is 1.29 bits per heavy atom. The first-order valence-corrected chi connectivity index (χ1v) is 11.0. The van der Waals surface area contributed by atoms with Gasteiger partial charge in [0.2, 0.25) is 5.11 Å². The van der Waals surface area contributed by atoms with Crippen LogP contribution in [-0.2, 0) is 11.3 Å². The molecule has 5 nitrogen and oxygen atoms in total. The number of hydrogen-bond acceptors (Lipinski definition) is 5. The highest BCUT2D eigenvalue weighted by atomic mass is 35.5. The second-order valence-corrected chi connectivity index (χ2v) is 7.75. The molecule has 0 aromatic heterocycles. The van der Waals surface area contributed by atoms with Gasteiger partial charge in [0.25, 0.3) is 0 Å². The molecule has 2 aromatic carbocycles. The predicted molar refractivity (Wildman–Crippen MR) is 120 cm³/mol. The minimum atomic E-state index is -0.459. The van der Waals surface area contributed by atoms with Crippen LogP contribution in [0, 0.1) is 0 Å². The molecule has 28 heavy (non-hydrogen) atoms. The van der Waals surface area contributed by atoms with Crippen LogP contribution in [0.3, 0.4) is 0 Å². The number of hydrazine groups is 1. The van der Waals surface area contributed by atoms with Crippen molar-refractivity contribution in [2.75, 3.05) is 23.7 Å². The van der Waals surface area contributed by atoms with E-state index >= 15 is 0 Å². The molecule has 1 heterocycles. The Labute approximate surface area is 180 Å². The highest BCUT2D eigenvalue weighted by Crippen LogP contribution is 2.28. The van der Waals surface area contributed by atoms with Crippen molar-refractivity contribution in [3.8, 4) is 0 Å². The summed E-state index contributed by atoms with van der Waals surface area (Å²) in [5.74, 6) is -0.459. The molecular weight excluding hydrogens is 414 g/mol. The lowest BCUT2D eigenvalue weighted by molar-refractivity contribution is 0.0473. The van der Waals surface area contributed by atoms with Gasteiger partial charge in [0, 0.05) is 19.3 Å². The van der Waals surface area contributed by atoms with Crippen LogP contribution in [-0.4, -0.2) is 35.4 Å². The zero-order valence-corrected chi connectivity index (χ0v) is 17.9. The van der Waals surface area contributed by atoms with E-state index in [1.807, 2.05) is 52.0 Å². The first kappa shape index (κ1) is 20.9. The maximum Gasteiger partial charge on any atom is 0.340 e. The standard InChI is InChI=1S/C20H22ClN3O2S2/c1-28-24(20(27)23-12-6-5-11-22-23)16-9-10-18(21)17(13-16)19(25)26-14-15-7-3-2-4-8-15/h2-4,7-10,13,22H,5-6,11-12,14H2,1H3. The number of nitrogens with one attached hydrogen (secondary N) is 1. The molecule has 8 heteroatoms. The van der Waals surface area contributed by atoms with Gasteiger partial charge in [-0.1, -0.05) is 41.9 Å². The Morgan fingerprint density at radius 2 is 2.07 bits per heavy atom. The van der Waals surface area contributed by atoms with E-state index in [9.17, 15) is 4.79 Å². The summed E-state index contributed by atoms with van der Waals surface area (Å²) in [6.45, 7) is 1.96. The number of carbonyl (C=O) groups is 1. The largest absolute Gasteiger partial charge is 0.457 e. The Balaban J connectivity index is 1.75. The van der Waals surface area contributed by atoms with Crippen LogP contribution in [0.4, 0.5) is 5.69 Å². The molecular formula is C20H22ClN3O2S2. The number of esters is 1. The average Bonchev–Trinajstić information content (AvgIpc) is 2.75. The second-order valence-electron chi connectivity index (χ2n) is 6.25. The van der Waals surface area contributed by atoms with Crippen LogP contribution in [0.15, 0.2) is 48.5 Å². The Morgan fingerprint density at radius 3 is 2.75 bits per heavy atom. The van der Waals surface area contributed by atoms with Crippen LogP contribution in [0.1, 0.15) is 28.8 Å². The van der Waals surface area contributed by atoms with E-state index in [-0.39, 0.29) is 6.61 Å². The quantitative estimate of drug-likeness (QED) is 0.416. The fraction of sp³-hybridized carbons (Fsp3) is 0.300. The van der Waals surface area contributed by atoms with Gasteiger partial charge in [0.1, 0.15) is 6.61 Å². The van der Waals surface area contributed by atoms with Gasteiger partial charge >= 0.3 is 5.97 Å². The highest BCUT2D eigenvalue weighted by molar-refractivity contribution is 8.01. The lowest BCUT2D eigenvalue weighted by Gasteiger charge is -2.34. The molecule has 0 radical (unpaired) electrons. The van der Waals surface area contributed by atoms with Crippen LogP contribution in [0.25, 0.3) is 0 Å². The van der Waals surface area contributed by atoms with Crippen molar-refractivity contribution in [2.24, 2.45) is 0 Å². The van der Waals surface area contributed by atoms with Crippen LogP contribution in [0.5, 0.6) is 0 Å². The van der Waals surface area contributed by atoms with Crippen molar-refractivity contribution in [3.05, 3.63) is 64.7 Å². The number of carbonyl (C=O) groups excluding carboxylic acids is 1. The second kappa shape index (κ2) is 10.1. The normalized spacial score (nSPS) is 13.9. The summed E-state index contributed by atoms with van der Waals surface area (Å²) in [5.41, 5.74) is 5.33. The van der Waals surface area contributed by atoms with E-state index in [1.165, 1.54) is 11.9 Å². The van der Waals surface area contributed by atoms with Crippen LogP contribution in [0.2, 0.25) is 5.02 Å². The van der Waals surface area contributed by atoms with Gasteiger partial charge in [-0.15, -0.1) is 0 Å². The molecule has 0 atom stereocenters. The summed E-state index contributed by atoms with van der Waals surface area (Å²) in [5, 5.41) is 2.97. The molecule has 0 amide bonds. The van der Waals surface area contributed by atoms with Crippen molar-refractivity contribution in [1.82, 2.24) is 10.4 Å². The summed E-state index contributed by atoms with van der Waals surface area (Å²) >= 11 is 13.4. The van der Waals surface area contributed by atoms with Gasteiger partial charge in [0.05, 0.1) is 16.3 Å². The monoisotopic (exact) mass is 435 g/mol. The topological polar surface area (TPSA) is 44.8 Å². The molecule has 0 aliphatic carbocycles. The molecule has 3 rings (SSSR count). The number of halogens is 1. The van der Waals surface area contributed by atoms with Crippen LogP contribution < -0.4 is 9.73 Å². The SMILES string of the molecule is CSN(C(=S)N1CCCCN1)c1ccc(Cl)c(C(=O)OCc2ccccc2)c1. The number of rotatable bonds is 5. The molecule has 0 bridgehead atoms. The molecule has 1 saturated heterocycles. The number of benzene rings is 2. The zero-order valence-electron chi connectivity index (χ0n) is 15.6. The fourth-order valence-electron chi connectivity index (χ4n) is 2.85. The third-order valence-electron chi connectivity index (χ3n) is 4.32. The predicted octanol–water partition coefficient (Wildman–Crippen LogP) is 4.67. The number of thiocarbonyl (C=S) groups is 1. The molecule has 0 unspecified atom stereocenters. The minimum absolute atomic E-state index is 0.197. The molecule has 1 aliphatic heterocycles. The van der Waals surface area contributed by atoms with E-state index in [0.717, 1.165) is 37.2 Å². The average molecular weight is 436 g/mol. The van der Waals surface area contributed by atoms with E-state index in [1.54, 1.807) is 12.1 Å². The zero-order chi connectivity index (χ0) is 19.9. The van der Waals surface area contributed by atoms with Crippen LogP contribution >= 0.6 is 35.8 Å². The number of nitrogens with zero attached hydrogens (tertiary/aromatic N) is 2. The molecule has 1 fully saturated rings. The summed E-state index contributed by atoms with van der Waals surface area (Å²) in [6.07, 6.45) is 4.17. The summed E-state index contributed by atoms with van der Waals surface area (Å²) in [4.78, 5) is 12.6. The van der Waals surface area contributed by atoms with E-state index in [4.69, 9.17) is 28.6 Å². The van der Waals surface area contributed by atoms with E-state index in [0.29, 0.717) is 15.7 Å². The minimum Gasteiger partial charge on any atom is -0.457 e. The first-order valence-electron chi connectivity index (χ1n) is 9.00. The maximum atomic E-state index is 12.6. The number of anilines is 1.